The summed E-state index contributed by atoms with van der Waals surface area (Å²) < 4.78 is 25.1. The van der Waals surface area contributed by atoms with Crippen LogP contribution in [0.25, 0.3) is 0 Å². The average Bonchev–Trinajstić information content (AvgIpc) is 2.55. The molecule has 2 aromatic carbocycles. The molecule has 26 heavy (non-hydrogen) atoms. The molecular weight excluding hydrogens is 399 g/mol. The Labute approximate surface area is 161 Å². The zero-order valence-corrected chi connectivity index (χ0v) is 16.3. The van der Waals surface area contributed by atoms with Crippen molar-refractivity contribution in [3.05, 3.63) is 58.1 Å². The number of halogens is 2. The number of amides is 1. The second kappa shape index (κ2) is 8.07. The number of carbonyl (C=O) groups excluding carboxylic acids is 2. The molecule has 138 valence electrons. The van der Waals surface area contributed by atoms with Crippen molar-refractivity contribution in [2.45, 2.75) is 6.92 Å². The highest BCUT2D eigenvalue weighted by atomic mass is 35.5. The molecule has 0 aliphatic rings. The molecule has 0 heterocycles. The number of hydrogen-bond acceptors (Lipinski definition) is 4. The van der Waals surface area contributed by atoms with E-state index in [1.54, 1.807) is 18.2 Å². The summed E-state index contributed by atoms with van der Waals surface area (Å²) in [5, 5.41) is 2.78. The standard InChI is InChI=1S/C17H16Cl2N2O4S/c1-11(22)12-5-3-6-13(9-12)20-16(23)10-21(26(2,24)25)15-8-4-7-14(18)17(15)19/h3-9H,10H2,1-2H3,(H,20,23). The van der Waals surface area contributed by atoms with E-state index < -0.39 is 22.5 Å². The monoisotopic (exact) mass is 414 g/mol. The predicted octanol–water partition coefficient (Wildman–Crippen LogP) is 3.60. The molecule has 1 amide bonds. The highest BCUT2D eigenvalue weighted by molar-refractivity contribution is 7.92. The summed E-state index contributed by atoms with van der Waals surface area (Å²) >= 11 is 12.0. The summed E-state index contributed by atoms with van der Waals surface area (Å²) in [7, 11) is -3.79. The van der Waals surface area contributed by atoms with Crippen LogP contribution in [0.15, 0.2) is 42.5 Å². The van der Waals surface area contributed by atoms with E-state index in [0.29, 0.717) is 11.3 Å². The zero-order valence-electron chi connectivity index (χ0n) is 14.0. The van der Waals surface area contributed by atoms with Crippen LogP contribution in [-0.2, 0) is 14.8 Å². The highest BCUT2D eigenvalue weighted by Gasteiger charge is 2.24. The van der Waals surface area contributed by atoms with Crippen molar-refractivity contribution in [3.8, 4) is 0 Å². The Hall–Kier alpha value is -2.09. The summed E-state index contributed by atoms with van der Waals surface area (Å²) in [4.78, 5) is 23.8. The molecule has 0 fully saturated rings. The fraction of sp³-hybridized carbons (Fsp3) is 0.176. The molecule has 0 aromatic heterocycles. The molecule has 1 N–H and O–H groups in total. The third-order valence-corrected chi connectivity index (χ3v) is 5.38. The van der Waals surface area contributed by atoms with Gasteiger partial charge in [0, 0.05) is 11.3 Å². The van der Waals surface area contributed by atoms with Crippen LogP contribution in [0.5, 0.6) is 0 Å². The lowest BCUT2D eigenvalue weighted by atomic mass is 10.1. The van der Waals surface area contributed by atoms with Gasteiger partial charge < -0.3 is 5.32 Å². The molecule has 0 atom stereocenters. The Morgan fingerprint density at radius 2 is 1.77 bits per heavy atom. The number of Topliss-reactive ketones (excluding diaryl/α,β-unsaturated/α-hetero) is 1. The van der Waals surface area contributed by atoms with Crippen molar-refractivity contribution in [1.82, 2.24) is 0 Å². The van der Waals surface area contributed by atoms with Gasteiger partial charge >= 0.3 is 0 Å². The maximum Gasteiger partial charge on any atom is 0.245 e. The Morgan fingerprint density at radius 1 is 1.12 bits per heavy atom. The topological polar surface area (TPSA) is 83.6 Å². The maximum atomic E-state index is 12.3. The van der Waals surface area contributed by atoms with Crippen molar-refractivity contribution in [2.75, 3.05) is 22.4 Å². The highest BCUT2D eigenvalue weighted by Crippen LogP contribution is 2.33. The summed E-state index contributed by atoms with van der Waals surface area (Å²) in [6.45, 7) is 0.913. The number of nitrogens with one attached hydrogen (secondary N) is 1. The van der Waals surface area contributed by atoms with Gasteiger partial charge in [-0.25, -0.2) is 8.42 Å². The smallest absolute Gasteiger partial charge is 0.245 e. The van der Waals surface area contributed by atoms with E-state index in [4.69, 9.17) is 23.2 Å². The predicted molar refractivity (Wildman–Crippen MR) is 104 cm³/mol. The first-order chi connectivity index (χ1) is 12.1. The minimum Gasteiger partial charge on any atom is -0.324 e. The second-order valence-electron chi connectivity index (χ2n) is 5.53. The molecule has 6 nitrogen and oxygen atoms in total. The molecule has 9 heteroatoms. The number of hydrogen-bond donors (Lipinski definition) is 1. The molecule has 0 aliphatic carbocycles. The van der Waals surface area contributed by atoms with Crippen molar-refractivity contribution in [1.29, 1.82) is 0 Å². The van der Waals surface area contributed by atoms with Crippen LogP contribution in [-0.4, -0.2) is 32.9 Å². The average molecular weight is 415 g/mol. The van der Waals surface area contributed by atoms with Gasteiger partial charge in [0.2, 0.25) is 15.9 Å². The first-order valence-electron chi connectivity index (χ1n) is 7.42. The molecular formula is C17H16Cl2N2O4S. The SMILES string of the molecule is CC(=O)c1cccc(NC(=O)CN(c2cccc(Cl)c2Cl)S(C)(=O)=O)c1. The fourth-order valence-electron chi connectivity index (χ4n) is 2.21. The largest absolute Gasteiger partial charge is 0.324 e. The van der Waals surface area contributed by atoms with E-state index in [1.807, 2.05) is 0 Å². The molecule has 2 rings (SSSR count). The van der Waals surface area contributed by atoms with E-state index in [2.05, 4.69) is 5.32 Å². The number of ketones is 1. The van der Waals surface area contributed by atoms with Gasteiger partial charge in [-0.05, 0) is 31.2 Å². The van der Waals surface area contributed by atoms with Crippen molar-refractivity contribution < 1.29 is 18.0 Å². The summed E-state index contributed by atoms with van der Waals surface area (Å²) in [5.74, 6) is -0.739. The Bertz CT molecular complexity index is 961. The lowest BCUT2D eigenvalue weighted by Crippen LogP contribution is -2.37. The quantitative estimate of drug-likeness (QED) is 0.731. The first kappa shape index (κ1) is 20.2. The van der Waals surface area contributed by atoms with Gasteiger partial charge in [0.15, 0.2) is 5.78 Å². The third-order valence-electron chi connectivity index (χ3n) is 3.44. The molecule has 0 saturated heterocycles. The number of benzene rings is 2. The summed E-state index contributed by atoms with van der Waals surface area (Å²) in [5.41, 5.74) is 0.920. The van der Waals surface area contributed by atoms with Crippen molar-refractivity contribution >= 4 is 56.3 Å². The number of rotatable bonds is 6. The van der Waals surface area contributed by atoms with Crippen molar-refractivity contribution in [3.63, 3.8) is 0 Å². The Balaban J connectivity index is 2.27. The molecule has 0 radical (unpaired) electrons. The van der Waals surface area contributed by atoms with Crippen LogP contribution in [0.1, 0.15) is 17.3 Å². The first-order valence-corrected chi connectivity index (χ1v) is 10.0. The van der Waals surface area contributed by atoms with Crippen LogP contribution >= 0.6 is 23.2 Å². The van der Waals surface area contributed by atoms with Crippen LogP contribution < -0.4 is 9.62 Å². The maximum absolute atomic E-state index is 12.3. The Morgan fingerprint density at radius 3 is 2.38 bits per heavy atom. The molecule has 2 aromatic rings. The van der Waals surface area contributed by atoms with Gasteiger partial charge in [0.1, 0.15) is 6.54 Å². The van der Waals surface area contributed by atoms with Crippen LogP contribution in [0.2, 0.25) is 10.0 Å². The summed E-state index contributed by atoms with van der Waals surface area (Å²) in [6, 6.07) is 10.9. The number of sulfonamides is 1. The lowest BCUT2D eigenvalue weighted by Gasteiger charge is -2.23. The van der Waals surface area contributed by atoms with Crippen LogP contribution in [0, 0.1) is 0 Å². The van der Waals surface area contributed by atoms with Gasteiger partial charge in [0.05, 0.1) is 22.0 Å². The van der Waals surface area contributed by atoms with E-state index in [1.165, 1.54) is 31.2 Å². The van der Waals surface area contributed by atoms with E-state index in [0.717, 1.165) is 10.6 Å². The molecule has 0 saturated carbocycles. The minimum atomic E-state index is -3.79. The van der Waals surface area contributed by atoms with Gasteiger partial charge in [-0.2, -0.15) is 0 Å². The molecule has 0 spiro atoms. The number of carbonyl (C=O) groups is 2. The molecule has 0 bridgehead atoms. The normalized spacial score (nSPS) is 11.1. The van der Waals surface area contributed by atoms with Crippen molar-refractivity contribution in [2.24, 2.45) is 0 Å². The van der Waals surface area contributed by atoms with Gasteiger partial charge in [-0.15, -0.1) is 0 Å². The summed E-state index contributed by atoms with van der Waals surface area (Å²) in [6.07, 6.45) is 0.966. The molecule has 0 aliphatic heterocycles. The Kier molecular flexibility index (Phi) is 6.28. The fourth-order valence-corrected chi connectivity index (χ4v) is 3.52. The second-order valence-corrected chi connectivity index (χ2v) is 8.22. The van der Waals surface area contributed by atoms with E-state index in [9.17, 15) is 18.0 Å². The van der Waals surface area contributed by atoms with Gasteiger partial charge in [-0.1, -0.05) is 41.4 Å². The van der Waals surface area contributed by atoms with Gasteiger partial charge in [-0.3, -0.25) is 13.9 Å². The number of nitrogens with zero attached hydrogens (tertiary/aromatic N) is 1. The van der Waals surface area contributed by atoms with E-state index >= 15 is 0 Å². The third kappa shape index (κ3) is 4.97. The van der Waals surface area contributed by atoms with E-state index in [-0.39, 0.29) is 21.5 Å². The van der Waals surface area contributed by atoms with Crippen LogP contribution in [0.4, 0.5) is 11.4 Å². The number of anilines is 2. The minimum absolute atomic E-state index is 0.0333. The lowest BCUT2D eigenvalue weighted by molar-refractivity contribution is -0.114. The van der Waals surface area contributed by atoms with Crippen LogP contribution in [0.3, 0.4) is 0 Å². The zero-order chi connectivity index (χ0) is 19.5. The van der Waals surface area contributed by atoms with Gasteiger partial charge in [0.25, 0.3) is 0 Å². The molecule has 0 unspecified atom stereocenters.